The lowest BCUT2D eigenvalue weighted by atomic mass is 10.0. The van der Waals surface area contributed by atoms with Crippen molar-refractivity contribution >= 4 is 5.69 Å². The lowest BCUT2D eigenvalue weighted by Crippen LogP contribution is -2.16. The van der Waals surface area contributed by atoms with E-state index >= 15 is 0 Å². The molecule has 0 aliphatic rings. The molecule has 0 bridgehead atoms. The Morgan fingerprint density at radius 1 is 1.12 bits per heavy atom. The predicted molar refractivity (Wildman–Crippen MR) is 74.7 cm³/mol. The molecule has 1 rings (SSSR count). The minimum atomic E-state index is 0.408. The normalized spacial score (nSPS) is 12.8. The van der Waals surface area contributed by atoms with E-state index in [-0.39, 0.29) is 0 Å². The molecule has 0 aliphatic heterocycles. The van der Waals surface area contributed by atoms with E-state index < -0.39 is 0 Å². The summed E-state index contributed by atoms with van der Waals surface area (Å²) in [4.78, 5) is 0. The van der Waals surface area contributed by atoms with E-state index in [4.69, 9.17) is 0 Å². The molecule has 0 spiro atoms. The van der Waals surface area contributed by atoms with E-state index in [2.05, 4.69) is 32.2 Å². The fourth-order valence-corrected chi connectivity index (χ4v) is 1.91. The zero-order chi connectivity index (χ0) is 13.0. The number of aryl methyl sites for hydroxylation is 1. The fourth-order valence-electron chi connectivity index (χ4n) is 1.91. The number of benzene rings is 1. The monoisotopic (exact) mass is 235 g/mol. The van der Waals surface area contributed by atoms with Gasteiger partial charge in [-0.3, -0.25) is 0 Å². The van der Waals surface area contributed by atoms with Crippen molar-refractivity contribution in [1.82, 2.24) is 0 Å². The summed E-state index contributed by atoms with van der Waals surface area (Å²) in [6.07, 6.45) is 2.39. The predicted octanol–water partition coefficient (Wildman–Crippen LogP) is 4.25. The van der Waals surface area contributed by atoms with Gasteiger partial charge in [-0.2, -0.15) is 0 Å². The largest absolute Gasteiger partial charge is 0.507 e. The van der Waals surface area contributed by atoms with Gasteiger partial charge >= 0.3 is 0 Å². The van der Waals surface area contributed by atoms with Gasteiger partial charge in [0.1, 0.15) is 5.75 Å². The lowest BCUT2D eigenvalue weighted by Gasteiger charge is -2.19. The van der Waals surface area contributed by atoms with Crippen LogP contribution in [0.15, 0.2) is 12.1 Å². The molecule has 0 radical (unpaired) electrons. The van der Waals surface area contributed by atoms with Crippen molar-refractivity contribution in [1.29, 1.82) is 0 Å². The van der Waals surface area contributed by atoms with Crippen LogP contribution in [0.3, 0.4) is 0 Å². The van der Waals surface area contributed by atoms with Gasteiger partial charge in [-0.15, -0.1) is 0 Å². The molecule has 0 heterocycles. The van der Waals surface area contributed by atoms with Crippen molar-refractivity contribution in [3.8, 4) is 5.75 Å². The highest BCUT2D eigenvalue weighted by molar-refractivity contribution is 5.59. The standard InChI is InChI=1S/C15H25NO/c1-10(2)6-8-12(4)16-14-9-7-11(3)15(17)13(14)5/h7,9-10,12,16-17H,6,8H2,1-5H3. The Bertz CT molecular complexity index is 371. The van der Waals surface area contributed by atoms with E-state index in [9.17, 15) is 5.11 Å². The van der Waals surface area contributed by atoms with Crippen LogP contribution in [0.25, 0.3) is 0 Å². The van der Waals surface area contributed by atoms with Crippen LogP contribution in [0.5, 0.6) is 5.75 Å². The molecule has 2 nitrogen and oxygen atoms in total. The molecule has 17 heavy (non-hydrogen) atoms. The summed E-state index contributed by atoms with van der Waals surface area (Å²) in [5.74, 6) is 1.15. The summed E-state index contributed by atoms with van der Waals surface area (Å²) in [6.45, 7) is 10.6. The molecule has 1 aromatic carbocycles. The summed E-state index contributed by atoms with van der Waals surface area (Å²) in [7, 11) is 0. The van der Waals surface area contributed by atoms with Gasteiger partial charge in [0.25, 0.3) is 0 Å². The Balaban J connectivity index is 2.65. The molecule has 0 fully saturated rings. The number of phenols is 1. The zero-order valence-corrected chi connectivity index (χ0v) is 11.7. The van der Waals surface area contributed by atoms with Crippen LogP contribution in [0.1, 0.15) is 44.7 Å². The van der Waals surface area contributed by atoms with Crippen LogP contribution in [-0.4, -0.2) is 11.1 Å². The third-order valence-corrected chi connectivity index (χ3v) is 3.21. The Morgan fingerprint density at radius 2 is 1.76 bits per heavy atom. The Hall–Kier alpha value is -1.18. The zero-order valence-electron chi connectivity index (χ0n) is 11.7. The van der Waals surface area contributed by atoms with Crippen LogP contribution in [0.4, 0.5) is 5.69 Å². The lowest BCUT2D eigenvalue weighted by molar-refractivity contribution is 0.467. The van der Waals surface area contributed by atoms with Gasteiger partial charge in [0.05, 0.1) is 0 Å². The first-order chi connectivity index (χ1) is 7.91. The first-order valence-corrected chi connectivity index (χ1v) is 6.47. The Labute approximate surface area is 105 Å². The smallest absolute Gasteiger partial charge is 0.123 e. The van der Waals surface area contributed by atoms with Crippen LogP contribution in [0.2, 0.25) is 0 Å². The van der Waals surface area contributed by atoms with Crippen LogP contribution >= 0.6 is 0 Å². The quantitative estimate of drug-likeness (QED) is 0.799. The molecule has 0 saturated heterocycles. The van der Waals surface area contributed by atoms with E-state index in [1.165, 1.54) is 6.42 Å². The van der Waals surface area contributed by atoms with Gasteiger partial charge in [-0.1, -0.05) is 19.9 Å². The molecule has 96 valence electrons. The van der Waals surface area contributed by atoms with Gasteiger partial charge in [0.2, 0.25) is 0 Å². The van der Waals surface area contributed by atoms with Gasteiger partial charge in [-0.25, -0.2) is 0 Å². The molecule has 1 atom stereocenters. The minimum absolute atomic E-state index is 0.408. The van der Waals surface area contributed by atoms with Crippen molar-refractivity contribution < 1.29 is 5.11 Å². The Morgan fingerprint density at radius 3 is 2.35 bits per heavy atom. The molecule has 1 aromatic rings. The highest BCUT2D eigenvalue weighted by Crippen LogP contribution is 2.28. The molecule has 0 amide bonds. The topological polar surface area (TPSA) is 32.3 Å². The number of rotatable bonds is 5. The second kappa shape index (κ2) is 5.95. The number of hydrogen-bond acceptors (Lipinski definition) is 2. The average molecular weight is 235 g/mol. The van der Waals surface area contributed by atoms with Crippen LogP contribution < -0.4 is 5.32 Å². The molecular weight excluding hydrogens is 210 g/mol. The second-order valence-electron chi connectivity index (χ2n) is 5.42. The van der Waals surface area contributed by atoms with E-state index in [0.29, 0.717) is 11.8 Å². The minimum Gasteiger partial charge on any atom is -0.507 e. The van der Waals surface area contributed by atoms with Crippen molar-refractivity contribution in [3.05, 3.63) is 23.3 Å². The first kappa shape index (κ1) is 13.9. The highest BCUT2D eigenvalue weighted by Gasteiger charge is 2.09. The summed E-state index contributed by atoms with van der Waals surface area (Å²) in [6, 6.07) is 4.45. The molecule has 0 saturated carbocycles. The maximum Gasteiger partial charge on any atom is 0.123 e. The summed E-state index contributed by atoms with van der Waals surface area (Å²) in [5.41, 5.74) is 2.92. The van der Waals surface area contributed by atoms with Gasteiger partial charge in [-0.05, 0) is 51.2 Å². The Kier molecular flexibility index (Phi) is 4.86. The average Bonchev–Trinajstić information content (AvgIpc) is 2.27. The SMILES string of the molecule is Cc1ccc(NC(C)CCC(C)C)c(C)c1O. The number of phenolic OH excluding ortho intramolecular Hbond substituents is 1. The van der Waals surface area contributed by atoms with Gasteiger partial charge < -0.3 is 10.4 Å². The van der Waals surface area contributed by atoms with E-state index in [0.717, 1.165) is 29.2 Å². The third-order valence-electron chi connectivity index (χ3n) is 3.21. The third kappa shape index (κ3) is 3.95. The summed E-state index contributed by atoms with van der Waals surface area (Å²) >= 11 is 0. The summed E-state index contributed by atoms with van der Waals surface area (Å²) in [5, 5.41) is 13.4. The van der Waals surface area contributed by atoms with Crippen molar-refractivity contribution in [2.24, 2.45) is 5.92 Å². The molecule has 0 aliphatic carbocycles. The molecule has 2 N–H and O–H groups in total. The fraction of sp³-hybridized carbons (Fsp3) is 0.600. The number of hydrogen-bond donors (Lipinski definition) is 2. The number of aromatic hydroxyl groups is 1. The van der Waals surface area contributed by atoms with Crippen LogP contribution in [-0.2, 0) is 0 Å². The first-order valence-electron chi connectivity index (χ1n) is 6.47. The molecule has 1 unspecified atom stereocenters. The summed E-state index contributed by atoms with van der Waals surface area (Å²) < 4.78 is 0. The highest BCUT2D eigenvalue weighted by atomic mass is 16.3. The van der Waals surface area contributed by atoms with Crippen LogP contribution in [0, 0.1) is 19.8 Å². The van der Waals surface area contributed by atoms with Gasteiger partial charge in [0.15, 0.2) is 0 Å². The van der Waals surface area contributed by atoms with Gasteiger partial charge in [0, 0.05) is 17.3 Å². The van der Waals surface area contributed by atoms with Crippen molar-refractivity contribution in [2.75, 3.05) is 5.32 Å². The van der Waals surface area contributed by atoms with Crippen molar-refractivity contribution in [3.63, 3.8) is 0 Å². The van der Waals surface area contributed by atoms with E-state index in [1.54, 1.807) is 0 Å². The molecule has 2 heteroatoms. The maximum absolute atomic E-state index is 9.88. The van der Waals surface area contributed by atoms with E-state index in [1.807, 2.05) is 19.9 Å². The maximum atomic E-state index is 9.88. The molecule has 0 aromatic heterocycles. The van der Waals surface area contributed by atoms with Crippen molar-refractivity contribution in [2.45, 2.75) is 53.5 Å². The number of nitrogens with one attached hydrogen (secondary N) is 1. The number of anilines is 1. The molecular formula is C15H25NO. The second-order valence-corrected chi connectivity index (χ2v) is 5.42.